The Bertz CT molecular complexity index is 1580. The molecule has 1 saturated heterocycles. The Morgan fingerprint density at radius 3 is 2.41 bits per heavy atom. The van der Waals surface area contributed by atoms with Gasteiger partial charge >= 0.3 is 0 Å². The van der Waals surface area contributed by atoms with Crippen molar-refractivity contribution >= 4 is 29.1 Å². The van der Waals surface area contributed by atoms with Crippen molar-refractivity contribution in [3.8, 4) is 11.3 Å². The molecule has 0 aliphatic carbocycles. The van der Waals surface area contributed by atoms with Crippen LogP contribution in [0.25, 0.3) is 16.9 Å². The average molecular weight is 550 g/mol. The first-order valence-corrected chi connectivity index (χ1v) is 13.0. The number of benzene rings is 1. The molecule has 1 fully saturated rings. The van der Waals surface area contributed by atoms with Gasteiger partial charge in [0.05, 0.1) is 22.5 Å². The second kappa shape index (κ2) is 9.68. The number of carbonyl (C=O) groups is 2. The van der Waals surface area contributed by atoms with E-state index in [9.17, 15) is 14.0 Å². The van der Waals surface area contributed by atoms with Gasteiger partial charge in [0.2, 0.25) is 5.82 Å². The van der Waals surface area contributed by atoms with Crippen molar-refractivity contribution < 1.29 is 14.0 Å². The van der Waals surface area contributed by atoms with Crippen LogP contribution in [-0.4, -0.2) is 71.4 Å². The second-order valence-electron chi connectivity index (χ2n) is 11.3. The SMILES string of the molecule is CC(C)(C)c1cc(-c2ccc(Cl)c(F)c2)nn2cc(C(=O)N3CCN(C(=O)c4ncccn4)CC3(C)C)nc12. The lowest BCUT2D eigenvalue weighted by atomic mass is 9.87. The number of rotatable bonds is 3. The molecule has 202 valence electrons. The highest BCUT2D eigenvalue weighted by Crippen LogP contribution is 2.32. The van der Waals surface area contributed by atoms with E-state index in [1.54, 1.807) is 32.6 Å². The summed E-state index contributed by atoms with van der Waals surface area (Å²) in [5, 5.41) is 4.69. The fourth-order valence-electron chi connectivity index (χ4n) is 4.82. The van der Waals surface area contributed by atoms with Gasteiger partial charge in [0.15, 0.2) is 5.65 Å². The highest BCUT2D eigenvalue weighted by Gasteiger charge is 2.40. The minimum absolute atomic E-state index is 0.0343. The van der Waals surface area contributed by atoms with Crippen molar-refractivity contribution in [2.24, 2.45) is 0 Å². The summed E-state index contributed by atoms with van der Waals surface area (Å²) in [6, 6.07) is 8.07. The predicted octanol–water partition coefficient (Wildman–Crippen LogP) is 4.65. The highest BCUT2D eigenvalue weighted by atomic mass is 35.5. The van der Waals surface area contributed by atoms with Crippen LogP contribution in [0.1, 0.15) is 61.3 Å². The largest absolute Gasteiger partial charge is 0.332 e. The number of hydrogen-bond acceptors (Lipinski definition) is 6. The van der Waals surface area contributed by atoms with E-state index in [2.05, 4.69) is 15.1 Å². The summed E-state index contributed by atoms with van der Waals surface area (Å²) < 4.78 is 15.8. The monoisotopic (exact) mass is 549 g/mol. The Labute approximate surface area is 230 Å². The van der Waals surface area contributed by atoms with Crippen LogP contribution in [-0.2, 0) is 5.41 Å². The van der Waals surface area contributed by atoms with E-state index in [0.717, 1.165) is 5.56 Å². The minimum atomic E-state index is -0.665. The zero-order chi connectivity index (χ0) is 28.1. The first-order valence-electron chi connectivity index (χ1n) is 12.6. The van der Waals surface area contributed by atoms with Gasteiger partial charge in [-0.05, 0) is 43.5 Å². The molecule has 0 atom stereocenters. The number of imidazole rings is 1. The number of hydrogen-bond donors (Lipinski definition) is 0. The molecule has 9 nitrogen and oxygen atoms in total. The van der Waals surface area contributed by atoms with Crippen molar-refractivity contribution in [1.82, 2.24) is 34.4 Å². The lowest BCUT2D eigenvalue weighted by Crippen LogP contribution is -2.62. The number of aromatic nitrogens is 5. The molecule has 11 heteroatoms. The van der Waals surface area contributed by atoms with E-state index < -0.39 is 11.4 Å². The lowest BCUT2D eigenvalue weighted by Gasteiger charge is -2.46. The van der Waals surface area contributed by atoms with Crippen molar-refractivity contribution in [2.75, 3.05) is 19.6 Å². The first kappa shape index (κ1) is 26.7. The molecule has 1 aliphatic heterocycles. The van der Waals surface area contributed by atoms with Gasteiger partial charge < -0.3 is 9.80 Å². The zero-order valence-electron chi connectivity index (χ0n) is 22.4. The van der Waals surface area contributed by atoms with Crippen LogP contribution >= 0.6 is 11.6 Å². The smallest absolute Gasteiger partial charge is 0.291 e. The molecule has 39 heavy (non-hydrogen) atoms. The van der Waals surface area contributed by atoms with Gasteiger partial charge in [0.25, 0.3) is 11.8 Å². The van der Waals surface area contributed by atoms with E-state index in [1.165, 1.54) is 24.5 Å². The first-order chi connectivity index (χ1) is 18.3. The number of halogens is 2. The normalized spacial score (nSPS) is 15.6. The van der Waals surface area contributed by atoms with Crippen molar-refractivity contribution in [3.63, 3.8) is 0 Å². The van der Waals surface area contributed by atoms with Gasteiger partial charge in [-0.3, -0.25) is 9.59 Å². The van der Waals surface area contributed by atoms with Crippen LogP contribution in [0.5, 0.6) is 0 Å². The van der Waals surface area contributed by atoms with Gasteiger partial charge in [-0.25, -0.2) is 23.9 Å². The molecular weight excluding hydrogens is 521 g/mol. The summed E-state index contributed by atoms with van der Waals surface area (Å²) in [6.07, 6.45) is 4.67. The summed E-state index contributed by atoms with van der Waals surface area (Å²) in [5.41, 5.74) is 1.76. The van der Waals surface area contributed by atoms with Crippen LogP contribution in [0.2, 0.25) is 5.02 Å². The molecule has 3 aromatic heterocycles. The molecule has 0 radical (unpaired) electrons. The van der Waals surface area contributed by atoms with Crippen molar-refractivity contribution in [2.45, 2.75) is 45.6 Å². The maximum atomic E-state index is 14.2. The summed E-state index contributed by atoms with van der Waals surface area (Å²) in [5.74, 6) is -0.930. The Balaban J connectivity index is 1.47. The van der Waals surface area contributed by atoms with Crippen LogP contribution in [0.3, 0.4) is 0 Å². The standard InChI is InChI=1S/C28H29ClFN7O2/c1-27(2,3)18-14-21(17-7-8-19(29)20(30)13-17)34-37-15-22(33-24(18)37)25(38)36-12-11-35(16-28(36,4)5)26(39)23-31-9-6-10-32-23/h6-10,13-15H,11-12,16H2,1-5H3. The average Bonchev–Trinajstić information content (AvgIpc) is 3.32. The zero-order valence-corrected chi connectivity index (χ0v) is 23.2. The molecule has 5 rings (SSSR count). The van der Waals surface area contributed by atoms with Crippen molar-refractivity contribution in [1.29, 1.82) is 0 Å². The molecule has 0 saturated carbocycles. The van der Waals surface area contributed by atoms with Crippen LogP contribution in [0, 0.1) is 5.82 Å². The van der Waals surface area contributed by atoms with Gasteiger partial charge in [0, 0.05) is 43.2 Å². The van der Waals surface area contributed by atoms with Crippen LogP contribution < -0.4 is 0 Å². The summed E-state index contributed by atoms with van der Waals surface area (Å²) >= 11 is 5.88. The van der Waals surface area contributed by atoms with Crippen molar-refractivity contribution in [3.05, 3.63) is 76.8 Å². The van der Waals surface area contributed by atoms with E-state index in [1.807, 2.05) is 40.7 Å². The molecule has 0 bridgehead atoms. The number of nitrogens with zero attached hydrogens (tertiary/aromatic N) is 7. The van der Waals surface area contributed by atoms with Gasteiger partial charge in [-0.15, -0.1) is 0 Å². The Kier molecular flexibility index (Phi) is 6.62. The quantitative estimate of drug-likeness (QED) is 0.369. The third-order valence-electron chi connectivity index (χ3n) is 6.86. The predicted molar refractivity (Wildman–Crippen MR) is 145 cm³/mol. The fraction of sp³-hybridized carbons (Fsp3) is 0.357. The molecule has 1 aliphatic rings. The summed E-state index contributed by atoms with van der Waals surface area (Å²) in [7, 11) is 0. The highest BCUT2D eigenvalue weighted by molar-refractivity contribution is 6.30. The van der Waals surface area contributed by atoms with Crippen LogP contribution in [0.15, 0.2) is 48.9 Å². The minimum Gasteiger partial charge on any atom is -0.332 e. The van der Waals surface area contributed by atoms with Gasteiger partial charge in [0.1, 0.15) is 11.5 Å². The summed E-state index contributed by atoms with van der Waals surface area (Å²) in [6.45, 7) is 10.9. The van der Waals surface area contributed by atoms with E-state index in [0.29, 0.717) is 36.5 Å². The number of carbonyl (C=O) groups excluding carboxylic acids is 2. The second-order valence-corrected chi connectivity index (χ2v) is 11.7. The van der Waals surface area contributed by atoms with E-state index >= 15 is 0 Å². The molecule has 0 spiro atoms. The topological polar surface area (TPSA) is 96.6 Å². The number of piperazine rings is 1. The van der Waals surface area contributed by atoms with Crippen LogP contribution in [0.4, 0.5) is 4.39 Å². The molecular formula is C28H29ClFN7O2. The van der Waals surface area contributed by atoms with E-state index in [4.69, 9.17) is 16.6 Å². The third-order valence-corrected chi connectivity index (χ3v) is 7.17. The molecule has 4 aromatic rings. The number of fused-ring (bicyclic) bond motifs is 1. The van der Waals surface area contributed by atoms with Gasteiger partial charge in [-0.2, -0.15) is 5.10 Å². The molecule has 0 unspecified atom stereocenters. The maximum Gasteiger partial charge on any atom is 0.291 e. The summed E-state index contributed by atoms with van der Waals surface area (Å²) in [4.78, 5) is 42.9. The molecule has 2 amide bonds. The molecule has 1 aromatic carbocycles. The third kappa shape index (κ3) is 5.08. The Hall–Kier alpha value is -3.92. The fourth-order valence-corrected chi connectivity index (χ4v) is 4.94. The maximum absolute atomic E-state index is 14.2. The van der Waals surface area contributed by atoms with E-state index in [-0.39, 0.29) is 33.8 Å². The Morgan fingerprint density at radius 1 is 1.05 bits per heavy atom. The Morgan fingerprint density at radius 2 is 1.77 bits per heavy atom. The molecule has 0 N–H and O–H groups in total. The molecule has 4 heterocycles. The number of amides is 2. The lowest BCUT2D eigenvalue weighted by molar-refractivity contribution is 0.0160. The van der Waals surface area contributed by atoms with Gasteiger partial charge in [-0.1, -0.05) is 38.4 Å².